The van der Waals surface area contributed by atoms with E-state index in [4.69, 9.17) is 46.4 Å². The molecule has 0 aromatic heterocycles. The van der Waals surface area contributed by atoms with Gasteiger partial charge in [-0.25, -0.2) is 0 Å². The summed E-state index contributed by atoms with van der Waals surface area (Å²) < 4.78 is 0. The summed E-state index contributed by atoms with van der Waals surface area (Å²) in [7, 11) is 0. The number of alkyl halides is 2. The molecule has 0 spiro atoms. The number of nitrogens with one attached hydrogen (secondary N) is 1. The molecule has 0 radical (unpaired) electrons. The van der Waals surface area contributed by atoms with Crippen LogP contribution in [0.1, 0.15) is 47.9 Å². The van der Waals surface area contributed by atoms with Crippen molar-refractivity contribution in [1.82, 2.24) is 4.90 Å². The number of benzene rings is 3. The Morgan fingerprint density at radius 3 is 1.74 bits per heavy atom. The third-order valence-corrected chi connectivity index (χ3v) is 10.2. The first kappa shape index (κ1) is 26.6. The highest BCUT2D eigenvalue weighted by molar-refractivity contribution is 6.42. The van der Waals surface area contributed by atoms with E-state index in [0.717, 1.165) is 22.3 Å². The number of hydrogen-bond donors (Lipinski definition) is 1. The van der Waals surface area contributed by atoms with Gasteiger partial charge in [-0.15, -0.1) is 23.2 Å². The highest BCUT2D eigenvalue weighted by Crippen LogP contribution is 2.69. The summed E-state index contributed by atoms with van der Waals surface area (Å²) in [6.07, 6.45) is 2.14. The number of carbonyl (C=O) groups excluding carboxylic acids is 3. The first-order chi connectivity index (χ1) is 18.7. The second-order valence-electron chi connectivity index (χ2n) is 10.3. The van der Waals surface area contributed by atoms with E-state index in [1.165, 1.54) is 4.90 Å². The second-order valence-corrected chi connectivity index (χ2v) is 12.3. The summed E-state index contributed by atoms with van der Waals surface area (Å²) >= 11 is 26.8. The van der Waals surface area contributed by atoms with Gasteiger partial charge >= 0.3 is 0 Å². The van der Waals surface area contributed by atoms with Gasteiger partial charge in [-0.1, -0.05) is 78.2 Å². The fourth-order valence-corrected chi connectivity index (χ4v) is 7.87. The molecular formula is C30H24Cl4N2O3. The normalized spacial score (nSPS) is 26.3. The molecule has 1 heterocycles. The molecule has 7 rings (SSSR count). The van der Waals surface area contributed by atoms with Gasteiger partial charge in [-0.05, 0) is 53.3 Å². The van der Waals surface area contributed by atoms with Crippen molar-refractivity contribution in [1.29, 1.82) is 0 Å². The van der Waals surface area contributed by atoms with E-state index in [1.807, 2.05) is 48.5 Å². The van der Waals surface area contributed by atoms with Crippen LogP contribution in [-0.4, -0.2) is 29.2 Å². The molecule has 2 atom stereocenters. The molecule has 1 fully saturated rings. The van der Waals surface area contributed by atoms with E-state index < -0.39 is 21.6 Å². The van der Waals surface area contributed by atoms with Gasteiger partial charge in [0, 0.05) is 18.7 Å². The molecule has 3 aliphatic carbocycles. The molecule has 0 saturated carbocycles. The van der Waals surface area contributed by atoms with Gasteiger partial charge in [0.05, 0.1) is 21.9 Å². The highest BCUT2D eigenvalue weighted by Gasteiger charge is 2.72. The quantitative estimate of drug-likeness (QED) is 0.179. The first-order valence-electron chi connectivity index (χ1n) is 12.9. The Balaban J connectivity index is 1.15. The third kappa shape index (κ3) is 3.93. The summed E-state index contributed by atoms with van der Waals surface area (Å²) in [4.78, 5) is 39.0. The maximum atomic E-state index is 13.8. The fourth-order valence-electron chi connectivity index (χ4n) is 6.47. The summed E-state index contributed by atoms with van der Waals surface area (Å²) in [5.74, 6) is -2.29. The highest BCUT2D eigenvalue weighted by atomic mass is 35.5. The van der Waals surface area contributed by atoms with Gasteiger partial charge in [-0.2, -0.15) is 0 Å². The number of imide groups is 1. The lowest BCUT2D eigenvalue weighted by Crippen LogP contribution is -2.57. The Labute approximate surface area is 246 Å². The van der Waals surface area contributed by atoms with Crippen LogP contribution in [0.5, 0.6) is 0 Å². The molecule has 0 unspecified atom stereocenters. The van der Waals surface area contributed by atoms with Crippen molar-refractivity contribution in [2.45, 2.75) is 35.4 Å². The molecule has 3 aromatic carbocycles. The maximum Gasteiger partial charge on any atom is 0.235 e. The van der Waals surface area contributed by atoms with Crippen molar-refractivity contribution in [3.63, 3.8) is 0 Å². The Morgan fingerprint density at radius 2 is 1.26 bits per heavy atom. The maximum absolute atomic E-state index is 13.8. The minimum atomic E-state index is -1.17. The van der Waals surface area contributed by atoms with E-state index in [2.05, 4.69) is 5.32 Å². The van der Waals surface area contributed by atoms with Gasteiger partial charge in [0.2, 0.25) is 17.7 Å². The molecule has 5 nitrogen and oxygen atoms in total. The predicted molar refractivity (Wildman–Crippen MR) is 153 cm³/mol. The van der Waals surface area contributed by atoms with Crippen LogP contribution in [0.15, 0.2) is 66.7 Å². The Bertz CT molecular complexity index is 1400. The summed E-state index contributed by atoms with van der Waals surface area (Å²) in [6.45, 7) is 0.256. The minimum Gasteiger partial charge on any atom is -0.326 e. The number of unbranched alkanes of at least 4 members (excludes halogenated alkanes) is 2. The third-order valence-electron chi connectivity index (χ3n) is 8.17. The largest absolute Gasteiger partial charge is 0.326 e. The van der Waals surface area contributed by atoms with E-state index in [9.17, 15) is 14.4 Å². The number of amides is 3. The number of carbonyl (C=O) groups is 3. The monoisotopic (exact) mass is 600 g/mol. The summed E-state index contributed by atoms with van der Waals surface area (Å²) in [6, 6.07) is 20.1. The van der Waals surface area contributed by atoms with Gasteiger partial charge in [0.1, 0.15) is 9.75 Å². The Kier molecular flexibility index (Phi) is 6.70. The standard InChI is InChI=1S/C30H24Cl4N2O3/c31-22-14-13-17(16-23(22)32)35-24(37)12-2-1-7-15-36-27(38)25-26(28(36)39)30(34)19-9-4-3-8-18(19)29(25,33)20-10-5-6-11-21(20)30/h3-6,8-11,13-14,16,25-26H,1-2,7,12,15H2,(H,35,37)/t25-,26-,29?,30?/m1/s1. The molecule has 9 heteroatoms. The molecule has 1 saturated heterocycles. The van der Waals surface area contributed by atoms with Crippen LogP contribution in [0.2, 0.25) is 10.0 Å². The van der Waals surface area contributed by atoms with E-state index in [0.29, 0.717) is 41.4 Å². The predicted octanol–water partition coefficient (Wildman–Crippen LogP) is 7.09. The van der Waals surface area contributed by atoms with Gasteiger partial charge in [0.25, 0.3) is 0 Å². The van der Waals surface area contributed by atoms with Crippen molar-refractivity contribution < 1.29 is 14.4 Å². The topological polar surface area (TPSA) is 66.5 Å². The Morgan fingerprint density at radius 1 is 0.744 bits per heavy atom. The lowest BCUT2D eigenvalue weighted by Gasteiger charge is -2.54. The van der Waals surface area contributed by atoms with E-state index in [-0.39, 0.29) is 24.3 Å². The van der Waals surface area contributed by atoms with Gasteiger partial charge < -0.3 is 5.32 Å². The second kappa shape index (κ2) is 9.81. The lowest BCUT2D eigenvalue weighted by atomic mass is 9.54. The number of anilines is 1. The average Bonchev–Trinajstić information content (AvgIpc) is 3.19. The Hall–Kier alpha value is -2.57. The number of nitrogens with zero attached hydrogens (tertiary/aromatic N) is 1. The van der Waals surface area contributed by atoms with Crippen LogP contribution < -0.4 is 5.32 Å². The van der Waals surface area contributed by atoms with Crippen LogP contribution in [0, 0.1) is 11.8 Å². The smallest absolute Gasteiger partial charge is 0.235 e. The van der Waals surface area contributed by atoms with Gasteiger partial charge in [-0.3, -0.25) is 19.3 Å². The molecular weight excluding hydrogens is 578 g/mol. The SMILES string of the molecule is O=C(CCCCCN1C(=O)[C@H]2[C@H](C1=O)C1(Cl)c3ccccc3C2(Cl)c2ccccc21)Nc1ccc(Cl)c(Cl)c1. The molecule has 39 heavy (non-hydrogen) atoms. The molecule has 1 N–H and O–H groups in total. The number of hydrogen-bond acceptors (Lipinski definition) is 3. The number of rotatable bonds is 7. The van der Waals surface area contributed by atoms with Crippen molar-refractivity contribution in [3.8, 4) is 0 Å². The van der Waals surface area contributed by atoms with Crippen LogP contribution in [-0.2, 0) is 24.1 Å². The lowest BCUT2D eigenvalue weighted by molar-refractivity contribution is -0.140. The molecule has 3 aromatic rings. The van der Waals surface area contributed by atoms with Crippen molar-refractivity contribution in [3.05, 3.63) is 99.0 Å². The van der Waals surface area contributed by atoms with Gasteiger partial charge in [0.15, 0.2) is 0 Å². The van der Waals surface area contributed by atoms with Crippen molar-refractivity contribution >= 4 is 69.8 Å². The van der Waals surface area contributed by atoms with E-state index in [1.54, 1.807) is 18.2 Å². The van der Waals surface area contributed by atoms with Crippen molar-refractivity contribution in [2.75, 3.05) is 11.9 Å². The molecule has 4 aliphatic rings. The van der Waals surface area contributed by atoms with Crippen LogP contribution >= 0.6 is 46.4 Å². The zero-order valence-corrected chi connectivity index (χ0v) is 23.7. The molecule has 2 bridgehead atoms. The molecule has 200 valence electrons. The van der Waals surface area contributed by atoms with Crippen molar-refractivity contribution in [2.24, 2.45) is 11.8 Å². The number of halogens is 4. The zero-order valence-electron chi connectivity index (χ0n) is 20.7. The summed E-state index contributed by atoms with van der Waals surface area (Å²) in [5.41, 5.74) is 3.73. The van der Waals surface area contributed by atoms with Crippen LogP contribution in [0.3, 0.4) is 0 Å². The van der Waals surface area contributed by atoms with Crippen LogP contribution in [0.4, 0.5) is 5.69 Å². The summed E-state index contributed by atoms with van der Waals surface area (Å²) in [5, 5.41) is 3.59. The zero-order chi connectivity index (χ0) is 27.5. The molecule has 1 aliphatic heterocycles. The minimum absolute atomic E-state index is 0.145. The fraction of sp³-hybridized carbons (Fsp3) is 0.300. The average molecular weight is 602 g/mol. The van der Waals surface area contributed by atoms with E-state index >= 15 is 0 Å². The van der Waals surface area contributed by atoms with Crippen LogP contribution in [0.25, 0.3) is 0 Å². The number of likely N-dealkylation sites (tertiary alicyclic amines) is 1. The first-order valence-corrected chi connectivity index (χ1v) is 14.4. The molecule has 3 amide bonds.